The van der Waals surface area contributed by atoms with E-state index in [0.717, 1.165) is 41.5 Å². The molecule has 0 spiro atoms. The zero-order valence-corrected chi connectivity index (χ0v) is 12.1. The summed E-state index contributed by atoms with van der Waals surface area (Å²) in [7, 11) is 0. The summed E-state index contributed by atoms with van der Waals surface area (Å²) in [6, 6.07) is 7.74. The molecule has 0 fully saturated rings. The van der Waals surface area contributed by atoms with Gasteiger partial charge in [0.15, 0.2) is 0 Å². The highest BCUT2D eigenvalue weighted by Crippen LogP contribution is 2.23. The summed E-state index contributed by atoms with van der Waals surface area (Å²) in [6.45, 7) is 10.0. The van der Waals surface area contributed by atoms with Crippen molar-refractivity contribution in [2.75, 3.05) is 13.1 Å². The molecule has 0 aliphatic rings. The molecular formula is C16H18ClN3. The van der Waals surface area contributed by atoms with Crippen LogP contribution in [0.1, 0.15) is 5.56 Å². The lowest BCUT2D eigenvalue weighted by molar-refractivity contribution is 0.328. The summed E-state index contributed by atoms with van der Waals surface area (Å²) in [4.78, 5) is 2.24. The SMILES string of the molecule is C=CCN(CC=C)Cc1cn[nH]c1-c1ccc(Cl)cc1. The van der Waals surface area contributed by atoms with Gasteiger partial charge in [-0.1, -0.05) is 35.9 Å². The van der Waals surface area contributed by atoms with Gasteiger partial charge >= 0.3 is 0 Å². The number of nitrogens with one attached hydrogen (secondary N) is 1. The minimum Gasteiger partial charge on any atom is -0.292 e. The van der Waals surface area contributed by atoms with Crippen LogP contribution in [0.15, 0.2) is 55.8 Å². The van der Waals surface area contributed by atoms with E-state index >= 15 is 0 Å². The smallest absolute Gasteiger partial charge is 0.0695 e. The van der Waals surface area contributed by atoms with Crippen LogP contribution in [-0.2, 0) is 6.54 Å². The maximum Gasteiger partial charge on any atom is 0.0695 e. The first kappa shape index (κ1) is 14.6. The highest BCUT2D eigenvalue weighted by molar-refractivity contribution is 6.30. The Balaban J connectivity index is 2.21. The monoisotopic (exact) mass is 287 g/mol. The van der Waals surface area contributed by atoms with Crippen LogP contribution in [0.25, 0.3) is 11.3 Å². The second-order valence-electron chi connectivity index (χ2n) is 4.55. The number of aromatic nitrogens is 2. The first-order chi connectivity index (χ1) is 9.74. The molecule has 3 nitrogen and oxygen atoms in total. The zero-order valence-electron chi connectivity index (χ0n) is 11.3. The van der Waals surface area contributed by atoms with Crippen LogP contribution < -0.4 is 0 Å². The third kappa shape index (κ3) is 3.59. The number of H-pyrrole nitrogens is 1. The lowest BCUT2D eigenvalue weighted by Crippen LogP contribution is -2.23. The van der Waals surface area contributed by atoms with Crippen molar-refractivity contribution in [3.63, 3.8) is 0 Å². The molecule has 20 heavy (non-hydrogen) atoms. The fraction of sp³-hybridized carbons (Fsp3) is 0.188. The van der Waals surface area contributed by atoms with Crippen molar-refractivity contribution < 1.29 is 0 Å². The number of halogens is 1. The average Bonchev–Trinajstić information content (AvgIpc) is 2.88. The van der Waals surface area contributed by atoms with Crippen LogP contribution in [0.3, 0.4) is 0 Å². The van der Waals surface area contributed by atoms with Crippen LogP contribution >= 0.6 is 11.6 Å². The molecule has 104 valence electrons. The minimum atomic E-state index is 0.731. The Kier molecular flexibility index (Phi) is 5.16. The van der Waals surface area contributed by atoms with Gasteiger partial charge in [0.2, 0.25) is 0 Å². The van der Waals surface area contributed by atoms with E-state index in [9.17, 15) is 0 Å². The molecule has 2 rings (SSSR count). The van der Waals surface area contributed by atoms with Crippen molar-refractivity contribution in [2.24, 2.45) is 0 Å². The molecule has 1 aromatic heterocycles. The number of rotatable bonds is 7. The molecule has 0 radical (unpaired) electrons. The van der Waals surface area contributed by atoms with Crippen molar-refractivity contribution in [1.82, 2.24) is 15.1 Å². The van der Waals surface area contributed by atoms with E-state index < -0.39 is 0 Å². The third-order valence-electron chi connectivity index (χ3n) is 3.02. The Labute approximate surface area is 124 Å². The van der Waals surface area contributed by atoms with Gasteiger partial charge in [-0.25, -0.2) is 0 Å². The summed E-state index contributed by atoms with van der Waals surface area (Å²) in [5, 5.41) is 7.95. The second kappa shape index (κ2) is 7.08. The lowest BCUT2D eigenvalue weighted by atomic mass is 10.1. The quantitative estimate of drug-likeness (QED) is 0.783. The van der Waals surface area contributed by atoms with Crippen LogP contribution in [-0.4, -0.2) is 28.2 Å². The fourth-order valence-electron chi connectivity index (χ4n) is 2.11. The summed E-state index contributed by atoms with van der Waals surface area (Å²) in [5.41, 5.74) is 3.26. The Morgan fingerprint density at radius 3 is 2.40 bits per heavy atom. The van der Waals surface area contributed by atoms with E-state index in [1.54, 1.807) is 0 Å². The van der Waals surface area contributed by atoms with Crippen molar-refractivity contribution in [2.45, 2.75) is 6.54 Å². The van der Waals surface area contributed by atoms with E-state index in [2.05, 4.69) is 28.3 Å². The van der Waals surface area contributed by atoms with Crippen LogP contribution in [0, 0.1) is 0 Å². The summed E-state index contributed by atoms with van der Waals surface area (Å²) in [6.07, 6.45) is 5.65. The molecule has 0 amide bonds. The van der Waals surface area contributed by atoms with Gasteiger partial charge in [-0.05, 0) is 17.7 Å². The van der Waals surface area contributed by atoms with Crippen molar-refractivity contribution in [3.05, 3.63) is 66.4 Å². The van der Waals surface area contributed by atoms with Crippen molar-refractivity contribution in [3.8, 4) is 11.3 Å². The van der Waals surface area contributed by atoms with E-state index in [1.165, 1.54) is 0 Å². The van der Waals surface area contributed by atoms with Gasteiger partial charge in [-0.2, -0.15) is 5.10 Å². The zero-order chi connectivity index (χ0) is 14.4. The van der Waals surface area contributed by atoms with Crippen LogP contribution in [0.4, 0.5) is 0 Å². The molecule has 0 bridgehead atoms. The molecule has 0 saturated heterocycles. The summed E-state index contributed by atoms with van der Waals surface area (Å²) >= 11 is 5.92. The molecule has 1 heterocycles. The highest BCUT2D eigenvalue weighted by atomic mass is 35.5. The van der Waals surface area contributed by atoms with Gasteiger partial charge in [-0.15, -0.1) is 13.2 Å². The standard InChI is InChI=1S/C16H18ClN3/c1-3-9-20(10-4-2)12-14-11-18-19-16(14)13-5-7-15(17)8-6-13/h3-8,11H,1-2,9-10,12H2,(H,18,19). The largest absolute Gasteiger partial charge is 0.292 e. The number of nitrogens with zero attached hydrogens (tertiary/aromatic N) is 2. The molecular weight excluding hydrogens is 270 g/mol. The minimum absolute atomic E-state index is 0.731. The number of hydrogen-bond acceptors (Lipinski definition) is 2. The third-order valence-corrected chi connectivity index (χ3v) is 3.27. The molecule has 2 aromatic rings. The number of aromatic amines is 1. The summed E-state index contributed by atoms with van der Waals surface area (Å²) < 4.78 is 0. The first-order valence-corrected chi connectivity index (χ1v) is 6.84. The molecule has 0 unspecified atom stereocenters. The molecule has 0 aliphatic carbocycles. The maximum absolute atomic E-state index is 5.92. The predicted molar refractivity (Wildman–Crippen MR) is 84.7 cm³/mol. The van der Waals surface area contributed by atoms with E-state index in [4.69, 9.17) is 11.6 Å². The molecule has 0 saturated carbocycles. The first-order valence-electron chi connectivity index (χ1n) is 6.47. The molecule has 0 atom stereocenters. The van der Waals surface area contributed by atoms with Crippen LogP contribution in [0.2, 0.25) is 5.02 Å². The Morgan fingerprint density at radius 2 is 1.80 bits per heavy atom. The van der Waals surface area contributed by atoms with Gasteiger partial charge in [0.25, 0.3) is 0 Å². The van der Waals surface area contributed by atoms with Crippen molar-refractivity contribution >= 4 is 11.6 Å². The highest BCUT2D eigenvalue weighted by Gasteiger charge is 2.11. The van der Waals surface area contributed by atoms with Crippen LogP contribution in [0.5, 0.6) is 0 Å². The summed E-state index contributed by atoms with van der Waals surface area (Å²) in [5.74, 6) is 0. The second-order valence-corrected chi connectivity index (χ2v) is 4.99. The van der Waals surface area contributed by atoms with E-state index in [-0.39, 0.29) is 0 Å². The maximum atomic E-state index is 5.92. The van der Waals surface area contributed by atoms with Gasteiger partial charge in [0.05, 0.1) is 11.9 Å². The topological polar surface area (TPSA) is 31.9 Å². The Morgan fingerprint density at radius 1 is 1.15 bits per heavy atom. The molecule has 1 N–H and O–H groups in total. The number of hydrogen-bond donors (Lipinski definition) is 1. The lowest BCUT2D eigenvalue weighted by Gasteiger charge is -2.18. The fourth-order valence-corrected chi connectivity index (χ4v) is 2.23. The van der Waals surface area contributed by atoms with Gasteiger partial charge in [0.1, 0.15) is 0 Å². The van der Waals surface area contributed by atoms with E-state index in [1.807, 2.05) is 42.6 Å². The van der Waals surface area contributed by atoms with Gasteiger partial charge in [-0.3, -0.25) is 10.00 Å². The molecule has 1 aromatic carbocycles. The Hall–Kier alpha value is -1.84. The van der Waals surface area contributed by atoms with Gasteiger partial charge < -0.3 is 0 Å². The Bertz CT molecular complexity index is 562. The molecule has 4 heteroatoms. The number of benzene rings is 1. The van der Waals surface area contributed by atoms with E-state index in [0.29, 0.717) is 0 Å². The molecule has 0 aliphatic heterocycles. The average molecular weight is 288 g/mol. The predicted octanol–water partition coefficient (Wildman–Crippen LogP) is 3.90. The normalized spacial score (nSPS) is 10.7. The van der Waals surface area contributed by atoms with Crippen molar-refractivity contribution in [1.29, 1.82) is 0 Å². The van der Waals surface area contributed by atoms with Gasteiger partial charge in [0, 0.05) is 30.2 Å².